The molecule has 0 spiro atoms. The molecule has 0 aliphatic carbocycles. The Labute approximate surface area is 178 Å². The third-order valence-electron chi connectivity index (χ3n) is 4.45. The van der Waals surface area contributed by atoms with Crippen LogP contribution in [0.25, 0.3) is 5.65 Å². The van der Waals surface area contributed by atoms with Crippen molar-refractivity contribution in [1.82, 2.24) is 19.5 Å². The number of fused-ring (bicyclic) bond motifs is 1. The topological polar surface area (TPSA) is 118 Å². The van der Waals surface area contributed by atoms with E-state index >= 15 is 0 Å². The minimum Gasteiger partial charge on any atom is -0.459 e. The van der Waals surface area contributed by atoms with E-state index in [1.807, 2.05) is 18.2 Å². The zero-order chi connectivity index (χ0) is 21.8. The summed E-state index contributed by atoms with van der Waals surface area (Å²) in [6.45, 7) is 1.74. The van der Waals surface area contributed by atoms with Crippen molar-refractivity contribution in [3.63, 3.8) is 0 Å². The maximum atomic E-state index is 12.5. The number of sulfonamides is 1. The van der Waals surface area contributed by atoms with Gasteiger partial charge in [0.05, 0.1) is 23.3 Å². The Kier molecular flexibility index (Phi) is 5.65. The number of hydrazone groups is 1. The van der Waals surface area contributed by atoms with Crippen LogP contribution in [0.1, 0.15) is 27.7 Å². The molecule has 158 valence electrons. The molecule has 0 unspecified atom stereocenters. The fraction of sp³-hybridized carbons (Fsp3) is 0.0952. The second kappa shape index (κ2) is 8.54. The van der Waals surface area contributed by atoms with Gasteiger partial charge in [0.25, 0.3) is 5.91 Å². The van der Waals surface area contributed by atoms with Gasteiger partial charge < -0.3 is 4.42 Å². The zero-order valence-electron chi connectivity index (χ0n) is 16.5. The number of imidazole rings is 1. The molecule has 0 saturated carbocycles. The van der Waals surface area contributed by atoms with Crippen LogP contribution in [0.5, 0.6) is 0 Å². The third kappa shape index (κ3) is 4.55. The van der Waals surface area contributed by atoms with E-state index in [2.05, 4.69) is 20.2 Å². The molecule has 0 bridgehead atoms. The first-order valence-corrected chi connectivity index (χ1v) is 10.8. The Morgan fingerprint density at radius 2 is 1.90 bits per heavy atom. The summed E-state index contributed by atoms with van der Waals surface area (Å²) in [6.07, 6.45) is 3.09. The molecular weight excluding hydrogens is 418 g/mol. The molecule has 4 rings (SSSR count). The van der Waals surface area contributed by atoms with Gasteiger partial charge in [0.2, 0.25) is 10.0 Å². The van der Waals surface area contributed by atoms with Gasteiger partial charge in [0.1, 0.15) is 22.9 Å². The first-order valence-electron chi connectivity index (χ1n) is 9.34. The Hall–Kier alpha value is -3.76. The molecule has 0 saturated heterocycles. The summed E-state index contributed by atoms with van der Waals surface area (Å²) in [5.74, 6) is 0.365. The summed E-state index contributed by atoms with van der Waals surface area (Å²) in [4.78, 5) is 17.0. The van der Waals surface area contributed by atoms with Gasteiger partial charge >= 0.3 is 0 Å². The number of rotatable bonds is 7. The molecule has 2 N–H and O–H groups in total. The van der Waals surface area contributed by atoms with Crippen LogP contribution in [-0.2, 0) is 16.6 Å². The molecule has 10 heteroatoms. The van der Waals surface area contributed by atoms with Crippen LogP contribution in [0.2, 0.25) is 0 Å². The summed E-state index contributed by atoms with van der Waals surface area (Å²) in [5.41, 5.74) is 4.10. The number of amides is 1. The molecule has 0 aliphatic rings. The molecule has 1 aromatic carbocycles. The Balaban J connectivity index is 1.37. The highest BCUT2D eigenvalue weighted by Gasteiger charge is 2.16. The van der Waals surface area contributed by atoms with E-state index in [-0.39, 0.29) is 11.4 Å². The molecule has 3 aromatic heterocycles. The summed E-state index contributed by atoms with van der Waals surface area (Å²) in [6, 6.07) is 16.8. The van der Waals surface area contributed by atoms with Crippen LogP contribution >= 0.6 is 0 Å². The van der Waals surface area contributed by atoms with Gasteiger partial charge in [-0.25, -0.2) is 23.5 Å². The smallest absolute Gasteiger partial charge is 0.290 e. The van der Waals surface area contributed by atoms with Crippen molar-refractivity contribution in [3.05, 3.63) is 89.8 Å². The second-order valence-corrected chi connectivity index (χ2v) is 8.38. The highest BCUT2D eigenvalue weighted by molar-refractivity contribution is 7.89. The van der Waals surface area contributed by atoms with Crippen molar-refractivity contribution in [1.29, 1.82) is 0 Å². The lowest BCUT2D eigenvalue weighted by Crippen LogP contribution is -2.22. The lowest BCUT2D eigenvalue weighted by Gasteiger charge is -2.04. The average Bonchev–Trinajstić information content (AvgIpc) is 3.36. The minimum atomic E-state index is -3.63. The maximum absolute atomic E-state index is 12.5. The zero-order valence-corrected chi connectivity index (χ0v) is 17.3. The van der Waals surface area contributed by atoms with Crippen molar-refractivity contribution in [2.45, 2.75) is 18.4 Å². The Morgan fingerprint density at radius 1 is 1.13 bits per heavy atom. The van der Waals surface area contributed by atoms with Crippen LogP contribution in [0.3, 0.4) is 0 Å². The van der Waals surface area contributed by atoms with E-state index in [0.29, 0.717) is 28.6 Å². The lowest BCUT2D eigenvalue weighted by molar-refractivity contribution is 0.0948. The van der Waals surface area contributed by atoms with E-state index in [4.69, 9.17) is 4.42 Å². The molecule has 1 amide bonds. The van der Waals surface area contributed by atoms with Crippen LogP contribution in [0.4, 0.5) is 0 Å². The summed E-state index contributed by atoms with van der Waals surface area (Å²) in [5, 5.41) is 3.92. The summed E-state index contributed by atoms with van der Waals surface area (Å²) < 4.78 is 34.2. The van der Waals surface area contributed by atoms with E-state index in [1.54, 1.807) is 47.9 Å². The van der Waals surface area contributed by atoms with Crippen LogP contribution in [-0.4, -0.2) is 29.9 Å². The number of aromatic nitrogens is 2. The van der Waals surface area contributed by atoms with Crippen LogP contribution in [0.15, 0.2) is 81.3 Å². The minimum absolute atomic E-state index is 0.0154. The molecule has 0 aliphatic heterocycles. The number of benzene rings is 1. The number of nitrogens with one attached hydrogen (secondary N) is 2. The third-order valence-corrected chi connectivity index (χ3v) is 5.87. The molecule has 0 atom stereocenters. The second-order valence-electron chi connectivity index (χ2n) is 6.62. The predicted octanol–water partition coefficient (Wildman–Crippen LogP) is 2.48. The van der Waals surface area contributed by atoms with Gasteiger partial charge in [0, 0.05) is 6.20 Å². The average molecular weight is 437 g/mol. The maximum Gasteiger partial charge on any atom is 0.290 e. The van der Waals surface area contributed by atoms with Gasteiger partial charge in [-0.2, -0.15) is 5.10 Å². The monoisotopic (exact) mass is 437 g/mol. The summed E-state index contributed by atoms with van der Waals surface area (Å²) >= 11 is 0. The quantitative estimate of drug-likeness (QED) is 0.340. The van der Waals surface area contributed by atoms with E-state index in [9.17, 15) is 13.2 Å². The number of hydrogen-bond donors (Lipinski definition) is 2. The molecular formula is C21H19N5O4S. The molecule has 9 nitrogen and oxygen atoms in total. The molecule has 31 heavy (non-hydrogen) atoms. The first kappa shape index (κ1) is 20.5. The predicted molar refractivity (Wildman–Crippen MR) is 114 cm³/mol. The largest absolute Gasteiger partial charge is 0.459 e. The van der Waals surface area contributed by atoms with Crippen molar-refractivity contribution >= 4 is 27.8 Å². The van der Waals surface area contributed by atoms with Crippen molar-refractivity contribution < 1.29 is 17.6 Å². The van der Waals surface area contributed by atoms with Gasteiger partial charge in [-0.15, -0.1) is 0 Å². The van der Waals surface area contributed by atoms with Gasteiger partial charge in [-0.05, 0) is 43.3 Å². The van der Waals surface area contributed by atoms with Crippen LogP contribution in [0, 0.1) is 6.92 Å². The van der Waals surface area contributed by atoms with Gasteiger partial charge in [0.15, 0.2) is 0 Å². The highest BCUT2D eigenvalue weighted by atomic mass is 32.2. The number of carbonyl (C=O) groups is 1. The first-order chi connectivity index (χ1) is 14.9. The number of hydrogen-bond acceptors (Lipinski definition) is 6. The Bertz CT molecular complexity index is 1360. The van der Waals surface area contributed by atoms with Crippen molar-refractivity contribution in [2.24, 2.45) is 5.10 Å². The highest BCUT2D eigenvalue weighted by Crippen LogP contribution is 2.12. The van der Waals surface area contributed by atoms with E-state index in [1.165, 1.54) is 18.3 Å². The van der Waals surface area contributed by atoms with E-state index < -0.39 is 15.9 Å². The lowest BCUT2D eigenvalue weighted by atomic mass is 10.3. The van der Waals surface area contributed by atoms with Crippen LogP contribution < -0.4 is 10.1 Å². The fourth-order valence-corrected chi connectivity index (χ4v) is 4.02. The molecule has 0 radical (unpaired) electrons. The number of carbonyl (C=O) groups excluding carboxylic acids is 1. The number of furan rings is 1. The summed E-state index contributed by atoms with van der Waals surface area (Å²) in [7, 11) is -3.63. The van der Waals surface area contributed by atoms with Crippen molar-refractivity contribution in [2.75, 3.05) is 0 Å². The van der Waals surface area contributed by atoms with Gasteiger partial charge in [-0.3, -0.25) is 9.20 Å². The normalized spacial score (nSPS) is 11.9. The number of pyridine rings is 1. The van der Waals surface area contributed by atoms with Gasteiger partial charge in [-0.1, -0.05) is 24.3 Å². The van der Waals surface area contributed by atoms with E-state index in [0.717, 1.165) is 0 Å². The SMILES string of the molecule is Cc1nc2ccccn2c1C(=O)N/N=C/c1ccc(CNS(=O)(=O)c2ccccc2)o1. The number of nitrogens with zero attached hydrogens (tertiary/aromatic N) is 3. The van der Waals surface area contributed by atoms with Crippen molar-refractivity contribution in [3.8, 4) is 0 Å². The number of aryl methyl sites for hydroxylation is 1. The molecule has 3 heterocycles. The molecule has 4 aromatic rings. The Morgan fingerprint density at radius 3 is 2.71 bits per heavy atom. The fourth-order valence-electron chi connectivity index (χ4n) is 3.00. The molecule has 0 fully saturated rings. The standard InChI is InChI=1S/C21H19N5O4S/c1-15-20(26-12-6-5-9-19(26)24-15)21(27)25-22-13-16-10-11-17(30-16)14-23-31(28,29)18-7-3-2-4-8-18/h2-13,23H,14H2,1H3,(H,25,27)/b22-13+.